The average molecular weight is 228 g/mol. The molecule has 1 fully saturated rings. The largest absolute Gasteiger partial charge is 0.489 e. The Labute approximate surface area is 94.0 Å². The molecule has 0 spiro atoms. The Morgan fingerprint density at radius 2 is 2.40 bits per heavy atom. The molecule has 1 aliphatic heterocycles. The van der Waals surface area contributed by atoms with E-state index in [9.17, 15) is 0 Å². The lowest BCUT2D eigenvalue weighted by molar-refractivity contribution is 0.206. The van der Waals surface area contributed by atoms with E-state index in [4.69, 9.17) is 21.4 Å². The van der Waals surface area contributed by atoms with E-state index in [-0.39, 0.29) is 18.8 Å². The Hall–Kier alpha value is -0.770. The predicted octanol–water partition coefficient (Wildman–Crippen LogP) is 1.44. The third-order valence-electron chi connectivity index (χ3n) is 2.50. The molecule has 0 amide bonds. The number of hydrogen-bond donors (Lipinski definition) is 2. The van der Waals surface area contributed by atoms with Gasteiger partial charge in [0.2, 0.25) is 0 Å². The van der Waals surface area contributed by atoms with Crippen molar-refractivity contribution in [3.05, 3.63) is 29.3 Å². The Kier molecular flexibility index (Phi) is 3.46. The van der Waals surface area contributed by atoms with Crippen LogP contribution in [0.1, 0.15) is 6.42 Å². The van der Waals surface area contributed by atoms with Gasteiger partial charge in [0.1, 0.15) is 11.9 Å². The Morgan fingerprint density at radius 3 is 3.07 bits per heavy atom. The molecule has 2 atom stereocenters. The average Bonchev–Trinajstić information content (AvgIpc) is 2.65. The van der Waals surface area contributed by atoms with E-state index < -0.39 is 0 Å². The fraction of sp³-hybridized carbons (Fsp3) is 0.455. The zero-order valence-corrected chi connectivity index (χ0v) is 9.07. The minimum Gasteiger partial charge on any atom is -0.489 e. The first-order valence-corrected chi connectivity index (χ1v) is 5.42. The van der Waals surface area contributed by atoms with Crippen molar-refractivity contribution in [2.45, 2.75) is 18.6 Å². The topological polar surface area (TPSA) is 41.5 Å². The van der Waals surface area contributed by atoms with Gasteiger partial charge in [-0.05, 0) is 18.2 Å². The fourth-order valence-electron chi connectivity index (χ4n) is 1.74. The Morgan fingerprint density at radius 1 is 1.53 bits per heavy atom. The predicted molar refractivity (Wildman–Crippen MR) is 59.4 cm³/mol. The van der Waals surface area contributed by atoms with Crippen molar-refractivity contribution in [2.24, 2.45) is 0 Å². The van der Waals surface area contributed by atoms with Crippen molar-refractivity contribution in [1.82, 2.24) is 5.32 Å². The molecule has 0 aliphatic carbocycles. The standard InChI is InChI=1S/C11H14ClNO2/c12-8-2-1-3-10(4-8)15-11-5-9(7-14)13-6-11/h1-4,9,11,13-14H,5-7H2. The van der Waals surface area contributed by atoms with Crippen molar-refractivity contribution >= 4 is 11.6 Å². The molecule has 15 heavy (non-hydrogen) atoms. The van der Waals surface area contributed by atoms with Crippen LogP contribution in [0.5, 0.6) is 5.75 Å². The van der Waals surface area contributed by atoms with Gasteiger partial charge in [0.05, 0.1) is 6.61 Å². The van der Waals surface area contributed by atoms with Crippen LogP contribution in [0.4, 0.5) is 0 Å². The summed E-state index contributed by atoms with van der Waals surface area (Å²) < 4.78 is 5.73. The van der Waals surface area contributed by atoms with Gasteiger partial charge in [0.25, 0.3) is 0 Å². The number of benzene rings is 1. The molecule has 2 N–H and O–H groups in total. The van der Waals surface area contributed by atoms with Gasteiger partial charge in [-0.2, -0.15) is 0 Å². The maximum Gasteiger partial charge on any atom is 0.121 e. The zero-order valence-electron chi connectivity index (χ0n) is 8.32. The van der Waals surface area contributed by atoms with E-state index in [1.54, 1.807) is 6.07 Å². The summed E-state index contributed by atoms with van der Waals surface area (Å²) in [5.41, 5.74) is 0. The molecule has 1 aliphatic rings. The van der Waals surface area contributed by atoms with Crippen LogP contribution in [-0.4, -0.2) is 30.4 Å². The van der Waals surface area contributed by atoms with Gasteiger partial charge in [0, 0.05) is 24.0 Å². The molecular formula is C11H14ClNO2. The molecule has 0 radical (unpaired) electrons. The van der Waals surface area contributed by atoms with Crippen molar-refractivity contribution in [3.8, 4) is 5.75 Å². The third-order valence-corrected chi connectivity index (χ3v) is 2.74. The van der Waals surface area contributed by atoms with E-state index >= 15 is 0 Å². The molecular weight excluding hydrogens is 214 g/mol. The lowest BCUT2D eigenvalue weighted by atomic mass is 10.2. The third kappa shape index (κ3) is 2.84. The number of ether oxygens (including phenoxy) is 1. The van der Waals surface area contributed by atoms with Gasteiger partial charge < -0.3 is 15.2 Å². The fourth-order valence-corrected chi connectivity index (χ4v) is 1.92. The van der Waals surface area contributed by atoms with Crippen LogP contribution in [0.15, 0.2) is 24.3 Å². The van der Waals surface area contributed by atoms with Crippen LogP contribution in [-0.2, 0) is 0 Å². The Bertz CT molecular complexity index is 332. The zero-order chi connectivity index (χ0) is 10.7. The maximum absolute atomic E-state index is 8.95. The molecule has 82 valence electrons. The summed E-state index contributed by atoms with van der Waals surface area (Å²) in [6, 6.07) is 7.53. The van der Waals surface area contributed by atoms with Gasteiger partial charge in [0.15, 0.2) is 0 Å². The van der Waals surface area contributed by atoms with Crippen LogP contribution in [0.25, 0.3) is 0 Å². The second-order valence-corrected chi connectivity index (χ2v) is 4.16. The summed E-state index contributed by atoms with van der Waals surface area (Å²) in [6.07, 6.45) is 0.962. The van der Waals surface area contributed by atoms with Gasteiger partial charge in [-0.15, -0.1) is 0 Å². The maximum atomic E-state index is 8.95. The second-order valence-electron chi connectivity index (χ2n) is 3.72. The number of aliphatic hydroxyl groups excluding tert-OH is 1. The van der Waals surface area contributed by atoms with Gasteiger partial charge in [-0.3, -0.25) is 0 Å². The van der Waals surface area contributed by atoms with E-state index in [1.807, 2.05) is 18.2 Å². The van der Waals surface area contributed by atoms with Crippen LogP contribution < -0.4 is 10.1 Å². The van der Waals surface area contributed by atoms with E-state index in [0.717, 1.165) is 18.7 Å². The Balaban J connectivity index is 1.92. The van der Waals surface area contributed by atoms with Gasteiger partial charge in [-0.1, -0.05) is 17.7 Å². The molecule has 0 saturated carbocycles. The molecule has 1 aromatic carbocycles. The van der Waals surface area contributed by atoms with Crippen LogP contribution in [0, 0.1) is 0 Å². The number of aliphatic hydroxyl groups is 1. The van der Waals surface area contributed by atoms with Crippen LogP contribution in [0.3, 0.4) is 0 Å². The molecule has 2 rings (SSSR count). The molecule has 0 bridgehead atoms. The molecule has 3 nitrogen and oxygen atoms in total. The van der Waals surface area contributed by atoms with Crippen molar-refractivity contribution in [2.75, 3.05) is 13.2 Å². The molecule has 1 heterocycles. The molecule has 1 aromatic rings. The minimum absolute atomic E-state index is 0.126. The second kappa shape index (κ2) is 4.84. The summed E-state index contributed by atoms with van der Waals surface area (Å²) in [7, 11) is 0. The highest BCUT2D eigenvalue weighted by Crippen LogP contribution is 2.20. The number of rotatable bonds is 3. The highest BCUT2D eigenvalue weighted by molar-refractivity contribution is 6.30. The highest BCUT2D eigenvalue weighted by Gasteiger charge is 2.24. The quantitative estimate of drug-likeness (QED) is 0.821. The van der Waals surface area contributed by atoms with Gasteiger partial charge >= 0.3 is 0 Å². The summed E-state index contributed by atoms with van der Waals surface area (Å²) in [4.78, 5) is 0. The normalized spacial score (nSPS) is 25.5. The summed E-state index contributed by atoms with van der Waals surface area (Å²) in [5, 5.41) is 12.8. The van der Waals surface area contributed by atoms with Gasteiger partial charge in [-0.25, -0.2) is 0 Å². The molecule has 0 aromatic heterocycles. The van der Waals surface area contributed by atoms with E-state index in [0.29, 0.717) is 5.02 Å². The monoisotopic (exact) mass is 227 g/mol. The first kappa shape index (κ1) is 10.7. The lowest BCUT2D eigenvalue weighted by Gasteiger charge is -2.12. The number of nitrogens with one attached hydrogen (secondary N) is 1. The van der Waals surface area contributed by atoms with Crippen LogP contribution in [0.2, 0.25) is 5.02 Å². The first-order chi connectivity index (χ1) is 7.28. The SMILES string of the molecule is OCC1CC(Oc2cccc(Cl)c2)CN1. The van der Waals surface area contributed by atoms with Crippen molar-refractivity contribution in [3.63, 3.8) is 0 Å². The first-order valence-electron chi connectivity index (χ1n) is 5.04. The smallest absolute Gasteiger partial charge is 0.121 e. The van der Waals surface area contributed by atoms with E-state index in [1.165, 1.54) is 0 Å². The highest BCUT2D eigenvalue weighted by atomic mass is 35.5. The van der Waals surface area contributed by atoms with Crippen LogP contribution >= 0.6 is 11.6 Å². The summed E-state index contributed by atoms with van der Waals surface area (Å²) in [6.45, 7) is 0.938. The summed E-state index contributed by atoms with van der Waals surface area (Å²) >= 11 is 5.85. The summed E-state index contributed by atoms with van der Waals surface area (Å²) in [5.74, 6) is 0.785. The van der Waals surface area contributed by atoms with Crippen molar-refractivity contribution in [1.29, 1.82) is 0 Å². The molecule has 4 heteroatoms. The molecule has 2 unspecified atom stereocenters. The number of hydrogen-bond acceptors (Lipinski definition) is 3. The van der Waals surface area contributed by atoms with Crippen molar-refractivity contribution < 1.29 is 9.84 Å². The minimum atomic E-state index is 0.126. The number of halogens is 1. The lowest BCUT2D eigenvalue weighted by Crippen LogP contribution is -2.25. The van der Waals surface area contributed by atoms with E-state index in [2.05, 4.69) is 5.32 Å². The molecule has 1 saturated heterocycles.